The van der Waals surface area contributed by atoms with Gasteiger partial charge in [0.2, 0.25) is 0 Å². The van der Waals surface area contributed by atoms with Gasteiger partial charge in [0.1, 0.15) is 0 Å². The zero-order chi connectivity index (χ0) is 13.1. The average molecular weight is 328 g/mol. The van der Waals surface area contributed by atoms with E-state index >= 15 is 0 Å². The van der Waals surface area contributed by atoms with Gasteiger partial charge < -0.3 is 4.90 Å². The monoisotopic (exact) mass is 327 g/mol. The molecule has 0 fully saturated rings. The van der Waals surface area contributed by atoms with Crippen LogP contribution in [0.4, 0.5) is 5.69 Å². The van der Waals surface area contributed by atoms with Gasteiger partial charge in [-0.1, -0.05) is 22.9 Å². The van der Waals surface area contributed by atoms with E-state index in [1.165, 1.54) is 0 Å². The van der Waals surface area contributed by atoms with Crippen molar-refractivity contribution in [2.24, 2.45) is 0 Å². The van der Waals surface area contributed by atoms with Crippen LogP contribution < -0.4 is 4.90 Å². The van der Waals surface area contributed by atoms with Gasteiger partial charge in [-0.3, -0.25) is 9.59 Å². The molecule has 1 aliphatic heterocycles. The normalized spacial score (nSPS) is 14.2. The van der Waals surface area contributed by atoms with E-state index in [1.54, 1.807) is 17.0 Å². The Kier molecular flexibility index (Phi) is 4.45. The first-order valence-corrected chi connectivity index (χ1v) is 7.83. The van der Waals surface area contributed by atoms with Crippen LogP contribution in [0.15, 0.2) is 22.7 Å². The molecule has 5 heteroatoms. The summed E-state index contributed by atoms with van der Waals surface area (Å²) in [4.78, 5) is 25.3. The number of carbonyl (C=O) groups is 2. The highest BCUT2D eigenvalue weighted by atomic mass is 79.9. The number of Topliss-reactive ketones (excluding diaryl/α,β-unsaturated/α-hetero) is 1. The van der Waals surface area contributed by atoms with E-state index in [2.05, 4.69) is 22.9 Å². The molecule has 0 aliphatic carbocycles. The molecule has 1 aromatic carbocycles. The molecule has 0 aromatic heterocycles. The van der Waals surface area contributed by atoms with Gasteiger partial charge >= 0.3 is 0 Å². The SMILES string of the molecule is CCSCCCN1C(=O)C(=O)c2ccc(Br)cc21. The molecule has 2 rings (SSSR count). The van der Waals surface area contributed by atoms with Crippen molar-refractivity contribution in [1.82, 2.24) is 0 Å². The highest BCUT2D eigenvalue weighted by molar-refractivity contribution is 9.10. The van der Waals surface area contributed by atoms with E-state index in [0.717, 1.165) is 28.1 Å². The van der Waals surface area contributed by atoms with Crippen LogP contribution in [-0.2, 0) is 4.79 Å². The standard InChI is InChI=1S/C13H14BrNO2S/c1-2-18-7-3-6-15-11-8-9(14)4-5-10(11)12(16)13(15)17/h4-5,8H,2-3,6-7H2,1H3. The molecule has 0 radical (unpaired) electrons. The lowest BCUT2D eigenvalue weighted by Gasteiger charge is -2.16. The molecule has 1 heterocycles. The van der Waals surface area contributed by atoms with E-state index in [4.69, 9.17) is 0 Å². The molecule has 0 N–H and O–H groups in total. The molecule has 0 bridgehead atoms. The maximum atomic E-state index is 11.9. The second-order valence-electron chi connectivity index (χ2n) is 4.00. The number of hydrogen-bond donors (Lipinski definition) is 0. The van der Waals surface area contributed by atoms with Gasteiger partial charge in [-0.15, -0.1) is 0 Å². The highest BCUT2D eigenvalue weighted by Crippen LogP contribution is 2.31. The molecule has 3 nitrogen and oxygen atoms in total. The van der Waals surface area contributed by atoms with Crippen LogP contribution in [0.3, 0.4) is 0 Å². The van der Waals surface area contributed by atoms with E-state index in [1.807, 2.05) is 17.8 Å². The third-order valence-electron chi connectivity index (χ3n) is 2.81. The number of ketones is 1. The molecule has 1 aromatic rings. The number of benzene rings is 1. The first-order chi connectivity index (χ1) is 8.65. The van der Waals surface area contributed by atoms with Crippen molar-refractivity contribution in [1.29, 1.82) is 0 Å². The predicted molar refractivity (Wildman–Crippen MR) is 78.4 cm³/mol. The summed E-state index contributed by atoms with van der Waals surface area (Å²) in [5.74, 6) is 1.30. The van der Waals surface area contributed by atoms with Gasteiger partial charge in [-0.25, -0.2) is 0 Å². The van der Waals surface area contributed by atoms with E-state index in [-0.39, 0.29) is 5.78 Å². The Morgan fingerprint density at radius 1 is 1.33 bits per heavy atom. The third kappa shape index (κ3) is 2.62. The molecule has 1 amide bonds. The quantitative estimate of drug-likeness (QED) is 0.616. The summed E-state index contributed by atoms with van der Waals surface area (Å²) in [5.41, 5.74) is 1.26. The molecular weight excluding hydrogens is 314 g/mol. The minimum Gasteiger partial charge on any atom is -0.305 e. The summed E-state index contributed by atoms with van der Waals surface area (Å²) in [7, 11) is 0. The van der Waals surface area contributed by atoms with Gasteiger partial charge in [-0.05, 0) is 36.1 Å². The minimum absolute atomic E-state index is 0.388. The number of amides is 1. The van der Waals surface area contributed by atoms with Crippen molar-refractivity contribution in [2.45, 2.75) is 13.3 Å². The molecule has 96 valence electrons. The molecule has 0 atom stereocenters. The molecule has 0 unspecified atom stereocenters. The van der Waals surface area contributed by atoms with E-state index < -0.39 is 5.91 Å². The second-order valence-corrected chi connectivity index (χ2v) is 6.31. The summed E-state index contributed by atoms with van der Waals surface area (Å²) in [6.45, 7) is 2.72. The number of nitrogens with zero attached hydrogens (tertiary/aromatic N) is 1. The van der Waals surface area contributed by atoms with E-state index in [9.17, 15) is 9.59 Å². The van der Waals surface area contributed by atoms with Gasteiger partial charge in [0.25, 0.3) is 11.7 Å². The highest BCUT2D eigenvalue weighted by Gasteiger charge is 2.35. The number of fused-ring (bicyclic) bond motifs is 1. The number of halogens is 1. The van der Waals surface area contributed by atoms with Gasteiger partial charge in [-0.2, -0.15) is 11.8 Å². The summed E-state index contributed by atoms with van der Waals surface area (Å²) >= 11 is 5.22. The fourth-order valence-corrected chi connectivity index (χ4v) is 2.93. The Balaban J connectivity index is 2.14. The number of anilines is 1. The number of hydrogen-bond acceptors (Lipinski definition) is 3. The largest absolute Gasteiger partial charge is 0.305 e. The molecule has 1 aliphatic rings. The number of carbonyl (C=O) groups excluding carboxylic acids is 2. The third-order valence-corrected chi connectivity index (χ3v) is 4.29. The molecular formula is C13H14BrNO2S. The molecule has 18 heavy (non-hydrogen) atoms. The Morgan fingerprint density at radius 2 is 2.11 bits per heavy atom. The van der Waals surface area contributed by atoms with Gasteiger partial charge in [0, 0.05) is 11.0 Å². The maximum absolute atomic E-state index is 11.9. The molecule has 0 spiro atoms. The Hall–Kier alpha value is -0.810. The van der Waals surface area contributed by atoms with Gasteiger partial charge in [0.05, 0.1) is 11.3 Å². The number of thioether (sulfide) groups is 1. The lowest BCUT2D eigenvalue weighted by atomic mass is 10.1. The summed E-state index contributed by atoms with van der Waals surface area (Å²) < 4.78 is 0.886. The van der Waals surface area contributed by atoms with Crippen LogP contribution in [0, 0.1) is 0 Å². The lowest BCUT2D eigenvalue weighted by molar-refractivity contribution is -0.114. The minimum atomic E-state index is -0.399. The van der Waals surface area contributed by atoms with E-state index in [0.29, 0.717) is 12.1 Å². The van der Waals surface area contributed by atoms with Crippen LogP contribution in [0.1, 0.15) is 23.7 Å². The van der Waals surface area contributed by atoms with Crippen LogP contribution in [0.5, 0.6) is 0 Å². The zero-order valence-electron chi connectivity index (χ0n) is 10.1. The van der Waals surface area contributed by atoms with Crippen molar-refractivity contribution in [2.75, 3.05) is 23.0 Å². The first kappa shape index (κ1) is 13.6. The maximum Gasteiger partial charge on any atom is 0.299 e. The Labute approximate surface area is 119 Å². The van der Waals surface area contributed by atoms with Gasteiger partial charge in [0.15, 0.2) is 0 Å². The predicted octanol–water partition coefficient (Wildman–Crippen LogP) is 3.12. The van der Waals surface area contributed by atoms with Crippen molar-refractivity contribution < 1.29 is 9.59 Å². The fraction of sp³-hybridized carbons (Fsp3) is 0.385. The smallest absolute Gasteiger partial charge is 0.299 e. The van der Waals surface area contributed by atoms with Crippen LogP contribution >= 0.6 is 27.7 Å². The lowest BCUT2D eigenvalue weighted by Crippen LogP contribution is -2.30. The molecule has 0 saturated carbocycles. The number of rotatable bonds is 5. The summed E-state index contributed by atoms with van der Waals surface area (Å²) in [6, 6.07) is 5.34. The summed E-state index contributed by atoms with van der Waals surface area (Å²) in [5, 5.41) is 0. The van der Waals surface area contributed by atoms with Crippen molar-refractivity contribution >= 4 is 45.1 Å². The first-order valence-electron chi connectivity index (χ1n) is 5.88. The zero-order valence-corrected chi connectivity index (χ0v) is 12.5. The van der Waals surface area contributed by atoms with Crippen LogP contribution in [-0.4, -0.2) is 29.7 Å². The van der Waals surface area contributed by atoms with Crippen LogP contribution in [0.2, 0.25) is 0 Å². The van der Waals surface area contributed by atoms with Crippen molar-refractivity contribution in [3.63, 3.8) is 0 Å². The average Bonchev–Trinajstić information content (AvgIpc) is 2.59. The second kappa shape index (κ2) is 5.89. The summed E-state index contributed by atoms with van der Waals surface area (Å²) in [6.07, 6.45) is 0.906. The fourth-order valence-electron chi connectivity index (χ4n) is 1.96. The molecule has 0 saturated heterocycles. The Bertz CT molecular complexity index is 490. The Morgan fingerprint density at radius 3 is 2.83 bits per heavy atom. The topological polar surface area (TPSA) is 37.4 Å². The van der Waals surface area contributed by atoms with Crippen molar-refractivity contribution in [3.8, 4) is 0 Å². The van der Waals surface area contributed by atoms with Crippen molar-refractivity contribution in [3.05, 3.63) is 28.2 Å². The van der Waals surface area contributed by atoms with Crippen LogP contribution in [0.25, 0.3) is 0 Å².